The molecule has 0 aliphatic rings. The minimum Gasteiger partial charge on any atom is -0.308 e. The summed E-state index contributed by atoms with van der Waals surface area (Å²) in [6.07, 6.45) is 1.73. The van der Waals surface area contributed by atoms with Gasteiger partial charge >= 0.3 is 0 Å². The van der Waals surface area contributed by atoms with Crippen molar-refractivity contribution in [3.8, 4) is 0 Å². The van der Waals surface area contributed by atoms with Crippen molar-refractivity contribution in [3.05, 3.63) is 11.6 Å². The highest BCUT2D eigenvalue weighted by Crippen LogP contribution is 2.09. The van der Waals surface area contributed by atoms with Gasteiger partial charge in [-0.3, -0.25) is 0 Å². The van der Waals surface area contributed by atoms with E-state index in [4.69, 9.17) is 0 Å². The molecule has 0 atom stereocenters. The number of rotatable bonds is 1. The molecular formula is C3H4N2S2. The zero-order chi connectivity index (χ0) is 5.11. The third-order valence-electron chi connectivity index (χ3n) is 0.528. The predicted molar refractivity (Wildman–Crippen MR) is 34.7 cm³/mol. The van der Waals surface area contributed by atoms with Crippen LogP contribution in [0.1, 0.15) is 0 Å². The van der Waals surface area contributed by atoms with Crippen LogP contribution in [0.4, 0.5) is 5.13 Å². The Morgan fingerprint density at radius 3 is 3.00 bits per heavy atom. The van der Waals surface area contributed by atoms with Gasteiger partial charge in [0.05, 0.1) is 0 Å². The molecule has 0 unspecified atom stereocenters. The van der Waals surface area contributed by atoms with Gasteiger partial charge in [0, 0.05) is 11.6 Å². The van der Waals surface area contributed by atoms with Crippen molar-refractivity contribution in [2.24, 2.45) is 0 Å². The van der Waals surface area contributed by atoms with E-state index >= 15 is 0 Å². The summed E-state index contributed by atoms with van der Waals surface area (Å²) in [5.74, 6) is 0. The van der Waals surface area contributed by atoms with Crippen LogP contribution in [-0.4, -0.2) is 4.98 Å². The Kier molecular flexibility index (Phi) is 1.54. The summed E-state index contributed by atoms with van der Waals surface area (Å²) < 4.78 is 2.61. The Morgan fingerprint density at radius 2 is 2.71 bits per heavy atom. The molecule has 0 aliphatic heterocycles. The molecule has 0 fully saturated rings. The van der Waals surface area contributed by atoms with Crippen LogP contribution in [0.5, 0.6) is 0 Å². The van der Waals surface area contributed by atoms with E-state index in [0.717, 1.165) is 5.13 Å². The van der Waals surface area contributed by atoms with Gasteiger partial charge in [0.25, 0.3) is 0 Å². The molecule has 0 saturated heterocycles. The zero-order valence-electron chi connectivity index (χ0n) is 3.46. The SMILES string of the molecule is SNc1nccs1. The molecule has 0 radical (unpaired) electrons. The van der Waals surface area contributed by atoms with Gasteiger partial charge in [-0.15, -0.1) is 11.3 Å². The van der Waals surface area contributed by atoms with Crippen molar-refractivity contribution in [1.29, 1.82) is 0 Å². The molecule has 1 aromatic rings. The fourth-order valence-electron chi connectivity index (χ4n) is 0.279. The van der Waals surface area contributed by atoms with Gasteiger partial charge in [-0.05, 0) is 0 Å². The maximum atomic E-state index is 3.87. The minimum atomic E-state index is 0.836. The van der Waals surface area contributed by atoms with Crippen LogP contribution >= 0.6 is 24.2 Å². The summed E-state index contributed by atoms with van der Waals surface area (Å²) in [5, 5.41) is 2.72. The van der Waals surface area contributed by atoms with E-state index in [2.05, 4.69) is 22.5 Å². The Labute approximate surface area is 51.1 Å². The predicted octanol–water partition coefficient (Wildman–Crippen LogP) is 1.40. The van der Waals surface area contributed by atoms with Crippen molar-refractivity contribution in [2.75, 3.05) is 4.72 Å². The van der Waals surface area contributed by atoms with Gasteiger partial charge in [-0.2, -0.15) is 0 Å². The lowest BCUT2D eigenvalue weighted by Gasteiger charge is -1.82. The number of thiazole rings is 1. The second-order valence-electron chi connectivity index (χ2n) is 0.949. The number of aromatic nitrogens is 1. The van der Waals surface area contributed by atoms with E-state index in [1.54, 1.807) is 6.20 Å². The molecule has 0 aromatic carbocycles. The minimum absolute atomic E-state index is 0.836. The van der Waals surface area contributed by atoms with Crippen LogP contribution in [-0.2, 0) is 0 Å². The van der Waals surface area contributed by atoms with E-state index < -0.39 is 0 Å². The van der Waals surface area contributed by atoms with Gasteiger partial charge in [0.15, 0.2) is 5.13 Å². The monoisotopic (exact) mass is 132 g/mol. The zero-order valence-corrected chi connectivity index (χ0v) is 5.17. The standard InChI is InChI=1S/C3H4N2S2/c6-5-3-4-1-2-7-3/h1-2,6H,(H,4,5). The average Bonchev–Trinajstić information content (AvgIpc) is 2.14. The van der Waals surface area contributed by atoms with Crippen LogP contribution in [0.15, 0.2) is 11.6 Å². The van der Waals surface area contributed by atoms with E-state index in [0.29, 0.717) is 0 Å². The molecule has 1 heterocycles. The van der Waals surface area contributed by atoms with E-state index in [9.17, 15) is 0 Å². The highest BCUT2D eigenvalue weighted by atomic mass is 32.1. The fourth-order valence-corrected chi connectivity index (χ4v) is 0.920. The van der Waals surface area contributed by atoms with Gasteiger partial charge in [0.1, 0.15) is 0 Å². The Hall–Kier alpha value is -0.220. The summed E-state index contributed by atoms with van der Waals surface area (Å²) >= 11 is 5.30. The molecule has 1 N–H and O–H groups in total. The largest absolute Gasteiger partial charge is 0.308 e. The van der Waals surface area contributed by atoms with Crippen LogP contribution in [0, 0.1) is 0 Å². The number of anilines is 1. The van der Waals surface area contributed by atoms with Crippen molar-refractivity contribution in [1.82, 2.24) is 4.98 Å². The second-order valence-corrected chi connectivity index (χ2v) is 2.07. The topological polar surface area (TPSA) is 24.9 Å². The maximum Gasteiger partial charge on any atom is 0.192 e. The lowest BCUT2D eigenvalue weighted by atomic mass is 11.0. The van der Waals surface area contributed by atoms with Gasteiger partial charge in [-0.1, -0.05) is 12.8 Å². The van der Waals surface area contributed by atoms with Crippen molar-refractivity contribution >= 4 is 29.3 Å². The Morgan fingerprint density at radius 1 is 1.86 bits per heavy atom. The smallest absolute Gasteiger partial charge is 0.192 e. The van der Waals surface area contributed by atoms with Gasteiger partial charge in [-0.25, -0.2) is 4.98 Å². The van der Waals surface area contributed by atoms with E-state index in [-0.39, 0.29) is 0 Å². The first kappa shape index (κ1) is 4.93. The molecule has 2 nitrogen and oxygen atoms in total. The van der Waals surface area contributed by atoms with Crippen LogP contribution in [0.2, 0.25) is 0 Å². The van der Waals surface area contributed by atoms with E-state index in [1.807, 2.05) is 5.38 Å². The summed E-state index contributed by atoms with van der Waals surface area (Å²) in [7, 11) is 0. The molecule has 0 spiro atoms. The average molecular weight is 132 g/mol. The number of nitrogens with zero attached hydrogens (tertiary/aromatic N) is 1. The lowest BCUT2D eigenvalue weighted by molar-refractivity contribution is 1.43. The maximum absolute atomic E-state index is 3.87. The Balaban J connectivity index is 2.76. The highest BCUT2D eigenvalue weighted by molar-refractivity contribution is 7.81. The Bertz CT molecular complexity index is 125. The molecule has 0 amide bonds. The lowest BCUT2D eigenvalue weighted by Crippen LogP contribution is -1.73. The molecule has 0 saturated carbocycles. The first-order chi connectivity index (χ1) is 3.43. The highest BCUT2D eigenvalue weighted by Gasteiger charge is 1.83. The van der Waals surface area contributed by atoms with Gasteiger partial charge < -0.3 is 4.72 Å². The number of hydrogen-bond acceptors (Lipinski definition) is 4. The molecule has 7 heavy (non-hydrogen) atoms. The van der Waals surface area contributed by atoms with Crippen molar-refractivity contribution in [2.45, 2.75) is 0 Å². The normalized spacial score (nSPS) is 8.71. The fraction of sp³-hybridized carbons (Fsp3) is 0. The number of nitrogens with one attached hydrogen (secondary N) is 1. The first-order valence-corrected chi connectivity index (χ1v) is 3.06. The summed E-state index contributed by atoms with van der Waals surface area (Å²) in [6.45, 7) is 0. The summed E-state index contributed by atoms with van der Waals surface area (Å²) in [4.78, 5) is 3.87. The van der Waals surface area contributed by atoms with Crippen LogP contribution < -0.4 is 4.72 Å². The van der Waals surface area contributed by atoms with Crippen molar-refractivity contribution in [3.63, 3.8) is 0 Å². The third kappa shape index (κ3) is 1.07. The summed E-state index contributed by atoms with van der Waals surface area (Å²) in [5.41, 5.74) is 0. The number of hydrogen-bond donors (Lipinski definition) is 2. The van der Waals surface area contributed by atoms with Gasteiger partial charge in [0.2, 0.25) is 0 Å². The molecule has 0 aliphatic carbocycles. The van der Waals surface area contributed by atoms with Crippen LogP contribution in [0.25, 0.3) is 0 Å². The molecule has 38 valence electrons. The first-order valence-electron chi connectivity index (χ1n) is 1.73. The molecule has 1 rings (SSSR count). The van der Waals surface area contributed by atoms with E-state index in [1.165, 1.54) is 11.3 Å². The number of thiol groups is 1. The van der Waals surface area contributed by atoms with Crippen molar-refractivity contribution < 1.29 is 0 Å². The van der Waals surface area contributed by atoms with Crippen LogP contribution in [0.3, 0.4) is 0 Å². The molecule has 0 bridgehead atoms. The third-order valence-corrected chi connectivity index (χ3v) is 1.58. The summed E-state index contributed by atoms with van der Waals surface area (Å²) in [6, 6.07) is 0. The molecule has 4 heteroatoms. The quantitative estimate of drug-likeness (QED) is 0.565. The molecular weight excluding hydrogens is 128 g/mol. The molecule has 1 aromatic heterocycles. The second kappa shape index (κ2) is 2.18.